The number of nitrogens with two attached hydrogens (primary N) is 1. The molecule has 0 bridgehead atoms. The van der Waals surface area contributed by atoms with E-state index < -0.39 is 0 Å². The van der Waals surface area contributed by atoms with Crippen molar-refractivity contribution < 1.29 is 0 Å². The van der Waals surface area contributed by atoms with Gasteiger partial charge in [0.25, 0.3) is 0 Å². The Hall–Kier alpha value is -0.480. The van der Waals surface area contributed by atoms with E-state index in [1.165, 1.54) is 25.7 Å². The van der Waals surface area contributed by atoms with Crippen LogP contribution in [-0.4, -0.2) is 6.04 Å². The van der Waals surface area contributed by atoms with Gasteiger partial charge in [0.05, 0.1) is 0 Å². The van der Waals surface area contributed by atoms with E-state index in [1.807, 2.05) is 6.92 Å². The minimum Gasteiger partial charge on any atom is -0.327 e. The van der Waals surface area contributed by atoms with Crippen LogP contribution in [0, 0.1) is 23.7 Å². The molecule has 0 aromatic carbocycles. The molecule has 0 radical (unpaired) electrons. The summed E-state index contributed by atoms with van der Waals surface area (Å²) in [6, 6.07) is 0.388. The first kappa shape index (κ1) is 11.6. The maximum atomic E-state index is 6.18. The maximum Gasteiger partial charge on any atom is 0.0103 e. The molecule has 0 aliphatic heterocycles. The molecule has 3 atom stereocenters. The van der Waals surface area contributed by atoms with Crippen molar-refractivity contribution in [1.29, 1.82) is 0 Å². The highest BCUT2D eigenvalue weighted by atomic mass is 14.6. The van der Waals surface area contributed by atoms with E-state index in [2.05, 4.69) is 18.8 Å². The van der Waals surface area contributed by atoms with Gasteiger partial charge in [0, 0.05) is 12.5 Å². The van der Waals surface area contributed by atoms with Crippen LogP contribution in [0.3, 0.4) is 0 Å². The van der Waals surface area contributed by atoms with Gasteiger partial charge in [-0.2, -0.15) is 0 Å². The van der Waals surface area contributed by atoms with E-state index in [-0.39, 0.29) is 0 Å². The molecule has 1 rings (SSSR count). The summed E-state index contributed by atoms with van der Waals surface area (Å²) in [5, 5.41) is 0. The summed E-state index contributed by atoms with van der Waals surface area (Å²) in [6.07, 6.45) is 7.50. The van der Waals surface area contributed by atoms with E-state index >= 15 is 0 Å². The summed E-state index contributed by atoms with van der Waals surface area (Å²) in [7, 11) is 0. The van der Waals surface area contributed by atoms with Crippen LogP contribution in [0.5, 0.6) is 0 Å². The first-order chi connectivity index (χ1) is 6.74. The second kappa shape index (κ2) is 6.09. The lowest BCUT2D eigenvalue weighted by atomic mass is 9.78. The molecule has 80 valence electrons. The number of hydrogen-bond acceptors (Lipinski definition) is 1. The van der Waals surface area contributed by atoms with Crippen LogP contribution < -0.4 is 5.73 Å². The van der Waals surface area contributed by atoms with E-state index in [4.69, 9.17) is 5.73 Å². The predicted octanol–water partition coefficient (Wildman–Crippen LogP) is 2.94. The van der Waals surface area contributed by atoms with E-state index in [1.54, 1.807) is 0 Å². The van der Waals surface area contributed by atoms with Gasteiger partial charge in [0.2, 0.25) is 0 Å². The molecule has 0 aromatic rings. The van der Waals surface area contributed by atoms with Gasteiger partial charge in [-0.1, -0.05) is 19.8 Å². The van der Waals surface area contributed by atoms with Crippen molar-refractivity contribution in [1.82, 2.24) is 0 Å². The molecule has 2 N–H and O–H groups in total. The third kappa shape index (κ3) is 3.72. The van der Waals surface area contributed by atoms with E-state index in [0.717, 1.165) is 24.7 Å². The van der Waals surface area contributed by atoms with Gasteiger partial charge >= 0.3 is 0 Å². The Labute approximate surface area is 88.5 Å². The fourth-order valence-corrected chi connectivity index (χ4v) is 2.47. The molecule has 1 fully saturated rings. The van der Waals surface area contributed by atoms with Gasteiger partial charge < -0.3 is 5.73 Å². The lowest BCUT2D eigenvalue weighted by Gasteiger charge is -2.30. The van der Waals surface area contributed by atoms with Gasteiger partial charge in [0.15, 0.2) is 0 Å². The normalized spacial score (nSPS) is 29.1. The monoisotopic (exact) mass is 193 g/mol. The third-order valence-electron chi connectivity index (χ3n) is 3.36. The number of rotatable bonds is 3. The van der Waals surface area contributed by atoms with Gasteiger partial charge in [-0.05, 0) is 38.0 Å². The largest absolute Gasteiger partial charge is 0.327 e. The van der Waals surface area contributed by atoms with Crippen molar-refractivity contribution in [3.8, 4) is 11.8 Å². The lowest BCUT2D eigenvalue weighted by Crippen LogP contribution is -2.33. The van der Waals surface area contributed by atoms with Crippen LogP contribution in [0.15, 0.2) is 0 Å². The summed E-state index contributed by atoms with van der Waals surface area (Å²) in [4.78, 5) is 0. The molecule has 14 heavy (non-hydrogen) atoms. The Morgan fingerprint density at radius 2 is 2.21 bits per heavy atom. The van der Waals surface area contributed by atoms with E-state index in [0.29, 0.717) is 6.04 Å². The fourth-order valence-electron chi connectivity index (χ4n) is 2.47. The molecular weight excluding hydrogens is 170 g/mol. The number of hydrogen-bond donors (Lipinski definition) is 1. The van der Waals surface area contributed by atoms with Gasteiger partial charge in [-0.15, -0.1) is 11.8 Å². The summed E-state index contributed by atoms with van der Waals surface area (Å²) in [5.74, 6) is 7.68. The molecule has 1 aliphatic carbocycles. The summed E-state index contributed by atoms with van der Waals surface area (Å²) in [6.45, 7) is 4.25. The van der Waals surface area contributed by atoms with Crippen LogP contribution in [0.4, 0.5) is 0 Å². The zero-order chi connectivity index (χ0) is 10.4. The predicted molar refractivity (Wildman–Crippen MR) is 61.8 cm³/mol. The van der Waals surface area contributed by atoms with Crippen molar-refractivity contribution >= 4 is 0 Å². The maximum absolute atomic E-state index is 6.18. The van der Waals surface area contributed by atoms with Crippen LogP contribution >= 0.6 is 0 Å². The fraction of sp³-hybridized carbons (Fsp3) is 0.846. The van der Waals surface area contributed by atoms with Crippen LogP contribution in [0.25, 0.3) is 0 Å². The van der Waals surface area contributed by atoms with Gasteiger partial charge in [-0.25, -0.2) is 0 Å². The second-order valence-electron chi connectivity index (χ2n) is 4.66. The first-order valence-electron chi connectivity index (χ1n) is 5.89. The quantitative estimate of drug-likeness (QED) is 0.685. The molecule has 1 aliphatic rings. The van der Waals surface area contributed by atoms with E-state index in [9.17, 15) is 0 Å². The van der Waals surface area contributed by atoms with Crippen molar-refractivity contribution in [2.24, 2.45) is 17.6 Å². The molecule has 0 saturated heterocycles. The third-order valence-corrected chi connectivity index (χ3v) is 3.36. The van der Waals surface area contributed by atoms with Crippen molar-refractivity contribution in [2.75, 3.05) is 0 Å². The van der Waals surface area contributed by atoms with Crippen LogP contribution in [0.2, 0.25) is 0 Å². The first-order valence-corrected chi connectivity index (χ1v) is 5.89. The molecule has 0 heterocycles. The molecular formula is C13H23N. The Bertz CT molecular complexity index is 211. The highest BCUT2D eigenvalue weighted by Gasteiger charge is 2.23. The Morgan fingerprint density at radius 3 is 2.86 bits per heavy atom. The smallest absolute Gasteiger partial charge is 0.0103 e. The molecule has 1 nitrogen and oxygen atoms in total. The zero-order valence-electron chi connectivity index (χ0n) is 9.55. The highest BCUT2D eigenvalue weighted by molar-refractivity contribution is 4.96. The van der Waals surface area contributed by atoms with Crippen molar-refractivity contribution in [2.45, 2.75) is 58.4 Å². The Morgan fingerprint density at radius 1 is 1.43 bits per heavy atom. The van der Waals surface area contributed by atoms with Gasteiger partial charge in [0.1, 0.15) is 0 Å². The molecule has 0 aromatic heterocycles. The Kier molecular flexibility index (Phi) is 5.04. The molecule has 1 saturated carbocycles. The highest BCUT2D eigenvalue weighted by Crippen LogP contribution is 2.31. The average molecular weight is 193 g/mol. The zero-order valence-corrected chi connectivity index (χ0v) is 9.55. The lowest BCUT2D eigenvalue weighted by molar-refractivity contribution is 0.241. The van der Waals surface area contributed by atoms with Crippen molar-refractivity contribution in [3.05, 3.63) is 0 Å². The average Bonchev–Trinajstić information content (AvgIpc) is 2.18. The topological polar surface area (TPSA) is 26.0 Å². The van der Waals surface area contributed by atoms with Crippen LogP contribution in [-0.2, 0) is 0 Å². The van der Waals surface area contributed by atoms with Gasteiger partial charge in [-0.3, -0.25) is 0 Å². The molecule has 0 spiro atoms. The molecule has 0 amide bonds. The van der Waals surface area contributed by atoms with Crippen LogP contribution in [0.1, 0.15) is 52.4 Å². The van der Waals surface area contributed by atoms with Crippen molar-refractivity contribution in [3.63, 3.8) is 0 Å². The minimum atomic E-state index is 0.388. The SMILES string of the molecule is CC#CCCC(N)C1CCCC(C)C1. The summed E-state index contributed by atoms with van der Waals surface area (Å²) >= 11 is 0. The summed E-state index contributed by atoms with van der Waals surface area (Å²) < 4.78 is 0. The summed E-state index contributed by atoms with van der Waals surface area (Å²) in [5.41, 5.74) is 6.18. The second-order valence-corrected chi connectivity index (χ2v) is 4.66. The molecule has 3 unspecified atom stereocenters. The Balaban J connectivity index is 2.27. The molecule has 1 heteroatoms. The standard InChI is InChI=1S/C13H23N/c1-3-4-5-9-13(14)12-8-6-7-11(2)10-12/h11-13H,5-10,14H2,1-2H3. The minimum absolute atomic E-state index is 0.388.